The molecule has 1 nitrogen and oxygen atoms in total. The van der Waals surface area contributed by atoms with Crippen LogP contribution in [0.25, 0.3) is 11.3 Å². The van der Waals surface area contributed by atoms with Gasteiger partial charge in [0, 0.05) is 11.8 Å². The van der Waals surface area contributed by atoms with E-state index in [1.807, 2.05) is 12.3 Å². The summed E-state index contributed by atoms with van der Waals surface area (Å²) in [6.07, 6.45) is 1.88. The van der Waals surface area contributed by atoms with Crippen molar-refractivity contribution in [1.29, 1.82) is 0 Å². The molecule has 1 aromatic carbocycles. The van der Waals surface area contributed by atoms with E-state index in [1.54, 1.807) is 0 Å². The van der Waals surface area contributed by atoms with Crippen LogP contribution in [0.2, 0.25) is 0 Å². The van der Waals surface area contributed by atoms with Gasteiger partial charge < -0.3 is 0 Å². The van der Waals surface area contributed by atoms with Crippen molar-refractivity contribution >= 4 is 0 Å². The number of pyridine rings is 1. The summed E-state index contributed by atoms with van der Waals surface area (Å²) in [5.74, 6) is 0. The van der Waals surface area contributed by atoms with Crippen molar-refractivity contribution < 1.29 is 0 Å². The van der Waals surface area contributed by atoms with E-state index in [-0.39, 0.29) is 16.2 Å². The van der Waals surface area contributed by atoms with Crippen LogP contribution in [-0.4, -0.2) is 4.98 Å². The predicted molar refractivity (Wildman–Crippen MR) is 94.2 cm³/mol. The lowest BCUT2D eigenvalue weighted by atomic mass is 9.59. The summed E-state index contributed by atoms with van der Waals surface area (Å²) in [6.45, 7) is 16.6. The molecule has 1 heteroatoms. The first-order valence-corrected chi connectivity index (χ1v) is 8.18. The highest BCUT2D eigenvalue weighted by atomic mass is 14.7. The Morgan fingerprint density at radius 1 is 0.818 bits per heavy atom. The summed E-state index contributed by atoms with van der Waals surface area (Å²) in [4.78, 5) is 4.56. The zero-order valence-electron chi connectivity index (χ0n) is 14.9. The van der Waals surface area contributed by atoms with Crippen LogP contribution >= 0.6 is 0 Å². The molecule has 3 rings (SSSR count). The maximum absolute atomic E-state index is 4.56. The molecule has 0 bridgehead atoms. The Bertz CT molecular complexity index is 721. The second-order valence-electron chi connectivity index (χ2n) is 8.30. The van der Waals surface area contributed by atoms with Crippen molar-refractivity contribution in [2.45, 2.75) is 59.3 Å². The average Bonchev–Trinajstić information content (AvgIpc) is 2.55. The molecule has 0 N–H and O–H groups in total. The summed E-state index contributed by atoms with van der Waals surface area (Å²) < 4.78 is 0. The Morgan fingerprint density at radius 3 is 1.95 bits per heavy atom. The molecule has 1 aromatic heterocycles. The molecule has 0 radical (unpaired) electrons. The van der Waals surface area contributed by atoms with E-state index in [9.17, 15) is 0 Å². The van der Waals surface area contributed by atoms with Crippen LogP contribution in [0.15, 0.2) is 36.5 Å². The third kappa shape index (κ3) is 1.74. The van der Waals surface area contributed by atoms with Crippen molar-refractivity contribution in [2.75, 3.05) is 0 Å². The minimum atomic E-state index is 0.142. The van der Waals surface area contributed by atoms with Crippen LogP contribution in [0.3, 0.4) is 0 Å². The van der Waals surface area contributed by atoms with E-state index in [0.29, 0.717) is 0 Å². The molecule has 0 unspecified atom stereocenters. The molecule has 0 spiro atoms. The van der Waals surface area contributed by atoms with Crippen molar-refractivity contribution in [3.8, 4) is 11.3 Å². The molecule has 22 heavy (non-hydrogen) atoms. The van der Waals surface area contributed by atoms with Gasteiger partial charge in [-0.25, -0.2) is 0 Å². The maximum Gasteiger partial charge on any atom is 0.0704 e. The van der Waals surface area contributed by atoms with Crippen LogP contribution in [0.4, 0.5) is 0 Å². The summed E-state index contributed by atoms with van der Waals surface area (Å²) in [6, 6.07) is 10.9. The normalized spacial score (nSPS) is 20.7. The third-order valence-electron chi connectivity index (χ3n) is 6.78. The number of hydrogen-bond donors (Lipinski definition) is 0. The monoisotopic (exact) mass is 293 g/mol. The Labute approximate surface area is 134 Å². The summed E-state index contributed by atoms with van der Waals surface area (Å²) in [7, 11) is 0. The van der Waals surface area contributed by atoms with Gasteiger partial charge in [-0.2, -0.15) is 0 Å². The number of aromatic nitrogens is 1. The molecule has 0 amide bonds. The second-order valence-corrected chi connectivity index (χ2v) is 8.30. The van der Waals surface area contributed by atoms with Gasteiger partial charge in [0.1, 0.15) is 0 Å². The van der Waals surface area contributed by atoms with Crippen LogP contribution in [0, 0.1) is 12.3 Å². The van der Waals surface area contributed by atoms with E-state index >= 15 is 0 Å². The second kappa shape index (κ2) is 4.44. The van der Waals surface area contributed by atoms with E-state index in [1.165, 1.54) is 22.3 Å². The van der Waals surface area contributed by atoms with Crippen molar-refractivity contribution in [2.24, 2.45) is 5.41 Å². The third-order valence-corrected chi connectivity index (χ3v) is 6.78. The topological polar surface area (TPSA) is 12.9 Å². The quantitative estimate of drug-likeness (QED) is 0.662. The van der Waals surface area contributed by atoms with Gasteiger partial charge >= 0.3 is 0 Å². The first kappa shape index (κ1) is 15.3. The molecular weight excluding hydrogens is 266 g/mol. The summed E-state index contributed by atoms with van der Waals surface area (Å²) >= 11 is 0. The van der Waals surface area contributed by atoms with Gasteiger partial charge in [-0.3, -0.25) is 4.98 Å². The smallest absolute Gasteiger partial charge is 0.0704 e. The van der Waals surface area contributed by atoms with Gasteiger partial charge in [-0.1, -0.05) is 53.7 Å². The summed E-state index contributed by atoms with van der Waals surface area (Å²) in [5.41, 5.74) is 7.15. The first-order chi connectivity index (χ1) is 10.1. The number of fused-ring (bicyclic) bond motifs is 1. The van der Waals surface area contributed by atoms with Gasteiger partial charge in [0.25, 0.3) is 0 Å². The Morgan fingerprint density at radius 2 is 1.41 bits per heavy atom. The number of nitrogens with zero attached hydrogens (tertiary/aromatic N) is 1. The Kier molecular flexibility index (Phi) is 3.08. The fourth-order valence-corrected chi connectivity index (χ4v) is 3.99. The fraction of sp³-hybridized carbons (Fsp3) is 0.476. The minimum Gasteiger partial charge on any atom is -0.256 e. The standard InChI is InChI=1S/C21H27N/c1-14-12-16-17(13-15(14)18-10-8-9-11-22-18)20(4,5)21(6,7)19(16,2)3/h8-13H,1-7H3. The van der Waals surface area contributed by atoms with Crippen LogP contribution in [-0.2, 0) is 10.8 Å². The Hall–Kier alpha value is -1.63. The number of aryl methyl sites for hydroxylation is 1. The van der Waals surface area contributed by atoms with Crippen LogP contribution in [0.5, 0.6) is 0 Å². The number of hydrogen-bond acceptors (Lipinski definition) is 1. The zero-order chi connectivity index (χ0) is 16.3. The molecule has 0 saturated heterocycles. The van der Waals surface area contributed by atoms with Crippen LogP contribution in [0.1, 0.15) is 58.2 Å². The van der Waals surface area contributed by atoms with E-state index < -0.39 is 0 Å². The largest absolute Gasteiger partial charge is 0.256 e. The molecule has 0 atom stereocenters. The highest BCUT2D eigenvalue weighted by Crippen LogP contribution is 2.62. The van der Waals surface area contributed by atoms with E-state index in [2.05, 4.69) is 77.7 Å². The maximum atomic E-state index is 4.56. The zero-order valence-corrected chi connectivity index (χ0v) is 14.9. The van der Waals surface area contributed by atoms with Gasteiger partial charge in [0.15, 0.2) is 0 Å². The number of benzene rings is 1. The van der Waals surface area contributed by atoms with Gasteiger partial charge in [-0.05, 0) is 58.1 Å². The molecule has 0 aliphatic heterocycles. The van der Waals surface area contributed by atoms with Crippen LogP contribution < -0.4 is 0 Å². The lowest BCUT2D eigenvalue weighted by Gasteiger charge is -2.44. The predicted octanol–water partition coefficient (Wildman–Crippen LogP) is 5.65. The minimum absolute atomic E-state index is 0.142. The van der Waals surface area contributed by atoms with Gasteiger partial charge in [0.2, 0.25) is 0 Å². The van der Waals surface area contributed by atoms with Crippen molar-refractivity contribution in [3.63, 3.8) is 0 Å². The molecule has 2 aromatic rings. The lowest BCUT2D eigenvalue weighted by Crippen LogP contribution is -2.42. The molecular formula is C21H27N. The average molecular weight is 293 g/mol. The molecule has 1 heterocycles. The van der Waals surface area contributed by atoms with Gasteiger partial charge in [-0.15, -0.1) is 0 Å². The van der Waals surface area contributed by atoms with Crippen molar-refractivity contribution in [1.82, 2.24) is 4.98 Å². The SMILES string of the molecule is Cc1cc2c(cc1-c1ccccn1)C(C)(C)C(C)(C)C2(C)C. The molecule has 116 valence electrons. The molecule has 1 aliphatic carbocycles. The highest BCUT2D eigenvalue weighted by Gasteiger charge is 2.56. The lowest BCUT2D eigenvalue weighted by molar-refractivity contribution is 0.125. The first-order valence-electron chi connectivity index (χ1n) is 8.18. The number of rotatable bonds is 1. The van der Waals surface area contributed by atoms with E-state index in [4.69, 9.17) is 0 Å². The van der Waals surface area contributed by atoms with E-state index in [0.717, 1.165) is 5.69 Å². The molecule has 1 aliphatic rings. The Balaban J connectivity index is 2.30. The molecule has 0 saturated carbocycles. The summed E-state index contributed by atoms with van der Waals surface area (Å²) in [5, 5.41) is 0. The van der Waals surface area contributed by atoms with Gasteiger partial charge in [0.05, 0.1) is 5.69 Å². The fourth-order valence-electron chi connectivity index (χ4n) is 3.99. The highest BCUT2D eigenvalue weighted by molar-refractivity contribution is 5.68. The molecule has 0 fully saturated rings. The van der Waals surface area contributed by atoms with Crippen molar-refractivity contribution in [3.05, 3.63) is 53.2 Å².